The van der Waals surface area contributed by atoms with Crippen molar-refractivity contribution in [1.82, 2.24) is 19.7 Å². The van der Waals surface area contributed by atoms with Crippen molar-refractivity contribution in [3.63, 3.8) is 0 Å². The molecule has 7 heteroatoms. The van der Waals surface area contributed by atoms with E-state index >= 15 is 0 Å². The molecule has 6 nitrogen and oxygen atoms in total. The summed E-state index contributed by atoms with van der Waals surface area (Å²) in [5.41, 5.74) is 2.43. The number of aromatic nitrogens is 4. The third-order valence-corrected chi connectivity index (χ3v) is 4.66. The van der Waals surface area contributed by atoms with Crippen LogP contribution in [-0.2, 0) is 6.54 Å². The molecule has 0 spiro atoms. The first-order chi connectivity index (χ1) is 12.8. The summed E-state index contributed by atoms with van der Waals surface area (Å²) in [6.07, 6.45) is 1.80. The molecule has 4 rings (SSSR count). The SMILES string of the molecule is C=CCn1c(Sc2nc3ccccc3o2)nnc1-c1ccccc1OC. The number of para-hydroxylation sites is 3. The number of hydrogen-bond acceptors (Lipinski definition) is 6. The molecule has 4 aromatic rings. The molecule has 0 fully saturated rings. The van der Waals surface area contributed by atoms with Crippen LogP contribution in [0.3, 0.4) is 0 Å². The highest BCUT2D eigenvalue weighted by Gasteiger charge is 2.19. The second-order valence-corrected chi connectivity index (χ2v) is 6.37. The largest absolute Gasteiger partial charge is 0.496 e. The fourth-order valence-corrected chi connectivity index (χ4v) is 3.44. The molecule has 0 unspecified atom stereocenters. The number of fused-ring (bicyclic) bond motifs is 1. The topological polar surface area (TPSA) is 66.0 Å². The summed E-state index contributed by atoms with van der Waals surface area (Å²) in [7, 11) is 1.64. The van der Waals surface area contributed by atoms with Gasteiger partial charge in [0.1, 0.15) is 11.3 Å². The zero-order valence-electron chi connectivity index (χ0n) is 14.1. The summed E-state index contributed by atoms with van der Waals surface area (Å²) < 4.78 is 13.2. The van der Waals surface area contributed by atoms with E-state index < -0.39 is 0 Å². The summed E-state index contributed by atoms with van der Waals surface area (Å²) >= 11 is 1.33. The lowest BCUT2D eigenvalue weighted by Crippen LogP contribution is -2.01. The lowest BCUT2D eigenvalue weighted by molar-refractivity contribution is 0.416. The standard InChI is InChI=1S/C19H16N4O2S/c1-3-12-23-17(13-8-4-6-10-15(13)24-2)21-22-18(23)26-19-20-14-9-5-7-11-16(14)25-19/h3-11H,1,12H2,2H3. The van der Waals surface area contributed by atoms with Gasteiger partial charge in [0, 0.05) is 18.3 Å². The van der Waals surface area contributed by atoms with E-state index in [9.17, 15) is 0 Å². The maximum atomic E-state index is 5.79. The summed E-state index contributed by atoms with van der Waals surface area (Å²) in [5.74, 6) is 1.45. The zero-order valence-corrected chi connectivity index (χ0v) is 14.9. The van der Waals surface area contributed by atoms with Gasteiger partial charge in [-0.15, -0.1) is 16.8 Å². The van der Waals surface area contributed by atoms with E-state index in [1.54, 1.807) is 13.2 Å². The van der Waals surface area contributed by atoms with E-state index in [4.69, 9.17) is 9.15 Å². The number of benzene rings is 2. The number of rotatable bonds is 6. The van der Waals surface area contributed by atoms with Gasteiger partial charge in [0.25, 0.3) is 5.22 Å². The summed E-state index contributed by atoms with van der Waals surface area (Å²) in [6.45, 7) is 4.40. The quantitative estimate of drug-likeness (QED) is 0.472. The third-order valence-electron chi connectivity index (χ3n) is 3.83. The minimum atomic E-state index is 0.524. The first kappa shape index (κ1) is 16.4. The first-order valence-corrected chi connectivity index (χ1v) is 8.82. The van der Waals surface area contributed by atoms with Gasteiger partial charge in [-0.1, -0.05) is 30.3 Å². The normalized spacial score (nSPS) is 11.0. The van der Waals surface area contributed by atoms with Crippen molar-refractivity contribution in [3.8, 4) is 17.1 Å². The minimum absolute atomic E-state index is 0.524. The molecule has 0 amide bonds. The fraction of sp³-hybridized carbons (Fsp3) is 0.105. The van der Waals surface area contributed by atoms with Crippen LogP contribution in [0.25, 0.3) is 22.5 Å². The van der Waals surface area contributed by atoms with Gasteiger partial charge in [0.05, 0.1) is 12.7 Å². The van der Waals surface area contributed by atoms with Crippen molar-refractivity contribution in [2.24, 2.45) is 0 Å². The monoisotopic (exact) mass is 364 g/mol. The summed E-state index contributed by atoms with van der Waals surface area (Å²) in [6, 6.07) is 15.4. The maximum Gasteiger partial charge on any atom is 0.264 e. The van der Waals surface area contributed by atoms with Gasteiger partial charge in [0.15, 0.2) is 11.4 Å². The van der Waals surface area contributed by atoms with Gasteiger partial charge in [-0.3, -0.25) is 4.57 Å². The molecule has 0 aliphatic heterocycles. The zero-order chi connectivity index (χ0) is 17.9. The van der Waals surface area contributed by atoms with Crippen LogP contribution in [0.2, 0.25) is 0 Å². The Bertz CT molecular complexity index is 1040. The van der Waals surface area contributed by atoms with E-state index in [2.05, 4.69) is 21.8 Å². The molecular formula is C19H16N4O2S. The molecule has 0 aliphatic rings. The third kappa shape index (κ3) is 2.97. The molecule has 0 radical (unpaired) electrons. The maximum absolute atomic E-state index is 5.79. The predicted octanol–water partition coefficient (Wildman–Crippen LogP) is 4.43. The van der Waals surface area contributed by atoms with Crippen LogP contribution in [0.1, 0.15) is 0 Å². The lowest BCUT2D eigenvalue weighted by atomic mass is 10.2. The fourth-order valence-electron chi connectivity index (χ4n) is 2.66. The van der Waals surface area contributed by atoms with Crippen LogP contribution < -0.4 is 4.74 Å². The molecule has 0 saturated carbocycles. The number of methoxy groups -OCH3 is 1. The minimum Gasteiger partial charge on any atom is -0.496 e. The molecule has 130 valence electrons. The van der Waals surface area contributed by atoms with Gasteiger partial charge in [-0.2, -0.15) is 0 Å². The molecule has 2 heterocycles. The smallest absolute Gasteiger partial charge is 0.264 e. The molecular weight excluding hydrogens is 348 g/mol. The number of ether oxygens (including phenoxy) is 1. The van der Waals surface area contributed by atoms with E-state index in [1.165, 1.54) is 11.8 Å². The van der Waals surface area contributed by atoms with Gasteiger partial charge >= 0.3 is 0 Å². The Balaban J connectivity index is 1.75. The van der Waals surface area contributed by atoms with Crippen molar-refractivity contribution >= 4 is 22.9 Å². The van der Waals surface area contributed by atoms with Gasteiger partial charge in [-0.25, -0.2) is 4.98 Å². The van der Waals surface area contributed by atoms with Crippen LogP contribution in [0, 0.1) is 0 Å². The Morgan fingerprint density at radius 2 is 1.96 bits per heavy atom. The second kappa shape index (κ2) is 7.05. The van der Waals surface area contributed by atoms with E-state index in [0.717, 1.165) is 22.4 Å². The molecule has 2 aromatic heterocycles. The van der Waals surface area contributed by atoms with Crippen molar-refractivity contribution in [1.29, 1.82) is 0 Å². The summed E-state index contributed by atoms with van der Waals surface area (Å²) in [5, 5.41) is 9.88. The van der Waals surface area contributed by atoms with E-state index in [0.29, 0.717) is 22.7 Å². The molecule has 2 aromatic carbocycles. The lowest BCUT2D eigenvalue weighted by Gasteiger charge is -2.09. The number of allylic oxidation sites excluding steroid dienone is 1. The number of oxazole rings is 1. The van der Waals surface area contributed by atoms with E-state index in [1.807, 2.05) is 53.1 Å². The van der Waals surface area contributed by atoms with Crippen molar-refractivity contribution in [2.75, 3.05) is 7.11 Å². The van der Waals surface area contributed by atoms with Crippen LogP contribution in [0.5, 0.6) is 5.75 Å². The van der Waals surface area contributed by atoms with Crippen molar-refractivity contribution in [2.45, 2.75) is 16.9 Å². The van der Waals surface area contributed by atoms with Gasteiger partial charge < -0.3 is 9.15 Å². The van der Waals surface area contributed by atoms with Crippen LogP contribution in [0.4, 0.5) is 0 Å². The Hall–Kier alpha value is -3.06. The Kier molecular flexibility index (Phi) is 4.45. The Labute approximate surface area is 154 Å². The van der Waals surface area contributed by atoms with Gasteiger partial charge in [0.2, 0.25) is 5.16 Å². The van der Waals surface area contributed by atoms with Crippen LogP contribution in [-0.4, -0.2) is 26.9 Å². The highest BCUT2D eigenvalue weighted by atomic mass is 32.2. The predicted molar refractivity (Wildman–Crippen MR) is 100 cm³/mol. The van der Waals surface area contributed by atoms with Gasteiger partial charge in [-0.05, 0) is 24.3 Å². The molecule has 0 N–H and O–H groups in total. The van der Waals surface area contributed by atoms with Crippen molar-refractivity contribution < 1.29 is 9.15 Å². The molecule has 0 aliphatic carbocycles. The van der Waals surface area contributed by atoms with Crippen LogP contribution in [0.15, 0.2) is 76.0 Å². The van der Waals surface area contributed by atoms with Crippen LogP contribution >= 0.6 is 11.8 Å². The number of hydrogen-bond donors (Lipinski definition) is 0. The molecule has 0 bridgehead atoms. The highest BCUT2D eigenvalue weighted by Crippen LogP contribution is 2.34. The molecule has 0 saturated heterocycles. The Morgan fingerprint density at radius 3 is 2.77 bits per heavy atom. The summed E-state index contributed by atoms with van der Waals surface area (Å²) in [4.78, 5) is 4.49. The Morgan fingerprint density at radius 1 is 1.15 bits per heavy atom. The van der Waals surface area contributed by atoms with Crippen molar-refractivity contribution in [3.05, 3.63) is 61.2 Å². The van der Waals surface area contributed by atoms with E-state index in [-0.39, 0.29) is 0 Å². The highest BCUT2D eigenvalue weighted by molar-refractivity contribution is 7.99. The second-order valence-electron chi connectivity index (χ2n) is 5.46. The molecule has 26 heavy (non-hydrogen) atoms. The first-order valence-electron chi connectivity index (χ1n) is 8.01. The average molecular weight is 364 g/mol. The average Bonchev–Trinajstić information content (AvgIpc) is 3.26. The number of nitrogens with zero attached hydrogens (tertiary/aromatic N) is 4. The molecule has 0 atom stereocenters.